The van der Waals surface area contributed by atoms with Gasteiger partial charge in [0.05, 0.1) is 6.54 Å². The number of amides is 2. The Hall–Kier alpha value is -2.40. The number of likely N-dealkylation sites (N-methyl/N-ethyl adjacent to an activating group) is 1. The number of carbonyl (C=O) groups is 2. The van der Waals surface area contributed by atoms with E-state index in [2.05, 4.69) is 21.2 Å². The van der Waals surface area contributed by atoms with Crippen molar-refractivity contribution in [3.8, 4) is 0 Å². The molecule has 0 aliphatic heterocycles. The molecule has 0 aliphatic carbocycles. The number of nitrogens with one attached hydrogen (secondary N) is 1. The lowest BCUT2D eigenvalue weighted by atomic mass is 10.2. The topological polar surface area (TPSA) is 49.4 Å². The van der Waals surface area contributed by atoms with Crippen molar-refractivity contribution < 1.29 is 9.59 Å². The average molecular weight is 387 g/mol. The summed E-state index contributed by atoms with van der Waals surface area (Å²) in [5.41, 5.74) is 1.97. The fraction of sp³-hybridized carbons (Fsp3) is 0.158. The molecule has 2 amide bonds. The van der Waals surface area contributed by atoms with E-state index in [1.807, 2.05) is 54.6 Å². The van der Waals surface area contributed by atoms with Crippen molar-refractivity contribution in [3.05, 3.63) is 76.3 Å². The smallest absolute Gasteiger partial charge is 0.244 e. The molecule has 2 rings (SSSR count). The quantitative estimate of drug-likeness (QED) is 0.774. The summed E-state index contributed by atoms with van der Waals surface area (Å²) >= 11 is 3.38. The summed E-state index contributed by atoms with van der Waals surface area (Å²) in [6.07, 6.45) is 3.14. The third-order valence-electron chi connectivity index (χ3n) is 3.40. The monoisotopic (exact) mass is 386 g/mol. The summed E-state index contributed by atoms with van der Waals surface area (Å²) in [5, 5.41) is 2.60. The van der Waals surface area contributed by atoms with Gasteiger partial charge in [-0.3, -0.25) is 9.59 Å². The van der Waals surface area contributed by atoms with Gasteiger partial charge in [-0.05, 0) is 29.3 Å². The van der Waals surface area contributed by atoms with Crippen LogP contribution in [0.5, 0.6) is 0 Å². The Bertz CT molecular complexity index is 712. The van der Waals surface area contributed by atoms with Crippen molar-refractivity contribution in [3.63, 3.8) is 0 Å². The summed E-state index contributed by atoms with van der Waals surface area (Å²) < 4.78 is 0.998. The van der Waals surface area contributed by atoms with Crippen LogP contribution in [0.1, 0.15) is 11.1 Å². The Morgan fingerprint density at radius 3 is 2.42 bits per heavy atom. The van der Waals surface area contributed by atoms with Gasteiger partial charge in [0, 0.05) is 24.1 Å². The molecule has 24 heavy (non-hydrogen) atoms. The van der Waals surface area contributed by atoms with Gasteiger partial charge < -0.3 is 10.2 Å². The lowest BCUT2D eigenvalue weighted by molar-refractivity contribution is -0.131. The fourth-order valence-corrected chi connectivity index (χ4v) is 2.31. The number of nitrogens with zero attached hydrogens (tertiary/aromatic N) is 1. The van der Waals surface area contributed by atoms with Crippen molar-refractivity contribution in [1.82, 2.24) is 10.2 Å². The number of rotatable bonds is 6. The van der Waals surface area contributed by atoms with E-state index in [4.69, 9.17) is 0 Å². The maximum absolute atomic E-state index is 12.1. The Labute approximate surface area is 150 Å². The molecule has 2 aromatic rings. The molecule has 0 aromatic heterocycles. The average Bonchev–Trinajstić information content (AvgIpc) is 2.60. The standard InChI is InChI=1S/C19H19BrN2O2/c1-22(14-16-7-10-17(20)11-8-16)19(24)13-21-18(23)12-9-15-5-3-2-4-6-15/h2-12H,13-14H2,1H3,(H,21,23)/b12-9+. The lowest BCUT2D eigenvalue weighted by Crippen LogP contribution is -2.37. The number of carbonyl (C=O) groups excluding carboxylic acids is 2. The predicted octanol–water partition coefficient (Wildman–Crippen LogP) is 3.24. The zero-order valence-corrected chi connectivity index (χ0v) is 15.0. The van der Waals surface area contributed by atoms with Crippen molar-refractivity contribution >= 4 is 33.8 Å². The highest BCUT2D eigenvalue weighted by atomic mass is 79.9. The molecule has 0 unspecified atom stereocenters. The molecule has 4 nitrogen and oxygen atoms in total. The molecule has 0 radical (unpaired) electrons. The molecule has 0 spiro atoms. The van der Waals surface area contributed by atoms with E-state index in [0.29, 0.717) is 6.54 Å². The van der Waals surface area contributed by atoms with Crippen molar-refractivity contribution in [2.24, 2.45) is 0 Å². The number of hydrogen-bond acceptors (Lipinski definition) is 2. The molecule has 0 aliphatic rings. The largest absolute Gasteiger partial charge is 0.343 e. The van der Waals surface area contributed by atoms with Crippen LogP contribution in [0.15, 0.2) is 65.1 Å². The van der Waals surface area contributed by atoms with Crippen LogP contribution in [-0.2, 0) is 16.1 Å². The molecule has 0 fully saturated rings. The van der Waals surface area contributed by atoms with Crippen LogP contribution >= 0.6 is 15.9 Å². The maximum Gasteiger partial charge on any atom is 0.244 e. The SMILES string of the molecule is CN(Cc1ccc(Br)cc1)C(=O)CNC(=O)/C=C/c1ccccc1. The Morgan fingerprint density at radius 2 is 1.75 bits per heavy atom. The minimum absolute atomic E-state index is 0.0228. The first-order valence-corrected chi connectivity index (χ1v) is 8.33. The van der Waals surface area contributed by atoms with Gasteiger partial charge in [-0.15, -0.1) is 0 Å². The van der Waals surface area contributed by atoms with Crippen LogP contribution in [0.4, 0.5) is 0 Å². The Morgan fingerprint density at radius 1 is 1.08 bits per heavy atom. The molecule has 0 heterocycles. The normalized spacial score (nSPS) is 10.6. The Balaban J connectivity index is 1.78. The summed E-state index contributed by atoms with van der Waals surface area (Å²) in [6.45, 7) is 0.479. The zero-order valence-electron chi connectivity index (χ0n) is 13.4. The van der Waals surface area contributed by atoms with Crippen LogP contribution in [0.2, 0.25) is 0 Å². The van der Waals surface area contributed by atoms with Crippen molar-refractivity contribution in [1.29, 1.82) is 0 Å². The molecule has 0 bridgehead atoms. The predicted molar refractivity (Wildman–Crippen MR) is 99.1 cm³/mol. The maximum atomic E-state index is 12.1. The molecular weight excluding hydrogens is 368 g/mol. The summed E-state index contributed by atoms with van der Waals surface area (Å²) in [4.78, 5) is 25.4. The van der Waals surface area contributed by atoms with E-state index in [9.17, 15) is 9.59 Å². The minimum Gasteiger partial charge on any atom is -0.343 e. The van der Waals surface area contributed by atoms with Gasteiger partial charge in [-0.1, -0.05) is 58.4 Å². The summed E-state index contributed by atoms with van der Waals surface area (Å²) in [5.74, 6) is -0.427. The van der Waals surface area contributed by atoms with Gasteiger partial charge in [0.15, 0.2) is 0 Å². The molecule has 2 aromatic carbocycles. The molecule has 124 valence electrons. The highest BCUT2D eigenvalue weighted by Gasteiger charge is 2.10. The molecular formula is C19H19BrN2O2. The molecule has 0 atom stereocenters. The number of benzene rings is 2. The molecule has 0 saturated heterocycles. The van der Waals surface area contributed by atoms with Crippen LogP contribution in [0.3, 0.4) is 0 Å². The van der Waals surface area contributed by atoms with Crippen LogP contribution in [-0.4, -0.2) is 30.3 Å². The number of hydrogen-bond donors (Lipinski definition) is 1. The van der Waals surface area contributed by atoms with Crippen molar-refractivity contribution in [2.45, 2.75) is 6.54 Å². The second-order valence-corrected chi connectivity index (χ2v) is 6.25. The van der Waals surface area contributed by atoms with E-state index in [1.165, 1.54) is 6.08 Å². The summed E-state index contributed by atoms with van der Waals surface area (Å²) in [6, 6.07) is 17.3. The first-order valence-electron chi connectivity index (χ1n) is 7.54. The van der Waals surface area contributed by atoms with E-state index in [0.717, 1.165) is 15.6 Å². The van der Waals surface area contributed by atoms with E-state index >= 15 is 0 Å². The van der Waals surface area contributed by atoms with E-state index < -0.39 is 0 Å². The second kappa shape index (κ2) is 9.03. The van der Waals surface area contributed by atoms with Crippen molar-refractivity contribution in [2.75, 3.05) is 13.6 Å². The van der Waals surface area contributed by atoms with E-state index in [1.54, 1.807) is 18.0 Å². The Kier molecular flexibility index (Phi) is 6.75. The first-order chi connectivity index (χ1) is 11.5. The summed E-state index contributed by atoms with van der Waals surface area (Å²) in [7, 11) is 1.72. The zero-order chi connectivity index (χ0) is 17.4. The van der Waals surface area contributed by atoms with Gasteiger partial charge in [0.1, 0.15) is 0 Å². The molecule has 5 heteroatoms. The third-order valence-corrected chi connectivity index (χ3v) is 3.93. The van der Waals surface area contributed by atoms with Crippen LogP contribution in [0.25, 0.3) is 6.08 Å². The minimum atomic E-state index is -0.288. The first kappa shape index (κ1) is 17.9. The lowest BCUT2D eigenvalue weighted by Gasteiger charge is -2.17. The van der Waals surface area contributed by atoms with Gasteiger partial charge >= 0.3 is 0 Å². The van der Waals surface area contributed by atoms with Gasteiger partial charge in [0.2, 0.25) is 11.8 Å². The fourth-order valence-electron chi connectivity index (χ4n) is 2.04. The van der Waals surface area contributed by atoms with Crippen LogP contribution in [0, 0.1) is 0 Å². The van der Waals surface area contributed by atoms with E-state index in [-0.39, 0.29) is 18.4 Å². The third kappa shape index (κ3) is 6.01. The van der Waals surface area contributed by atoms with Gasteiger partial charge in [0.25, 0.3) is 0 Å². The highest BCUT2D eigenvalue weighted by molar-refractivity contribution is 9.10. The highest BCUT2D eigenvalue weighted by Crippen LogP contribution is 2.11. The number of halogens is 1. The second-order valence-electron chi connectivity index (χ2n) is 5.34. The van der Waals surface area contributed by atoms with Gasteiger partial charge in [-0.2, -0.15) is 0 Å². The van der Waals surface area contributed by atoms with Gasteiger partial charge in [-0.25, -0.2) is 0 Å². The van der Waals surface area contributed by atoms with Crippen LogP contribution < -0.4 is 5.32 Å². The molecule has 1 N–H and O–H groups in total. The molecule has 0 saturated carbocycles.